The number of hydrogen-bond acceptors (Lipinski definition) is 12. The second-order valence-electron chi connectivity index (χ2n) is 14.6. The predicted molar refractivity (Wildman–Crippen MR) is 216 cm³/mol. The van der Waals surface area contributed by atoms with Crippen molar-refractivity contribution in [3.05, 3.63) is 48.6 Å². The van der Waals surface area contributed by atoms with Crippen LogP contribution in [0.25, 0.3) is 0 Å². The monoisotopic (exact) mass is 816 g/mol. The summed E-state index contributed by atoms with van der Waals surface area (Å²) in [5.74, 6) is -1.15. The lowest BCUT2D eigenvalue weighted by molar-refractivity contribution is -0.220. The number of hydrogen-bond donors (Lipinski definition) is 6. The third-order valence-electron chi connectivity index (χ3n) is 9.53. The highest BCUT2D eigenvalue weighted by Crippen LogP contribution is 2.47. The van der Waals surface area contributed by atoms with Crippen LogP contribution in [0.4, 0.5) is 0 Å². The minimum Gasteiger partial charge on any atom is -0.462 e. The molecular formula is C42H73O13P. The Morgan fingerprint density at radius 3 is 1.55 bits per heavy atom. The lowest BCUT2D eigenvalue weighted by atomic mass is 9.85. The fourth-order valence-corrected chi connectivity index (χ4v) is 7.09. The molecule has 1 aliphatic rings. The Morgan fingerprint density at radius 1 is 0.571 bits per heavy atom. The van der Waals surface area contributed by atoms with E-state index in [4.69, 9.17) is 18.5 Å². The topological polar surface area (TPSA) is 210 Å². The fraction of sp³-hybridized carbons (Fsp3) is 0.762. The van der Waals surface area contributed by atoms with Crippen LogP contribution in [-0.2, 0) is 32.7 Å². The number of carbonyl (C=O) groups is 2. The van der Waals surface area contributed by atoms with E-state index in [1.807, 2.05) is 42.5 Å². The van der Waals surface area contributed by atoms with Gasteiger partial charge >= 0.3 is 19.8 Å². The summed E-state index contributed by atoms with van der Waals surface area (Å²) < 4.78 is 33.4. The lowest BCUT2D eigenvalue weighted by Crippen LogP contribution is -2.64. The zero-order chi connectivity index (χ0) is 41.4. The number of aliphatic hydroxyl groups excluding tert-OH is 5. The summed E-state index contributed by atoms with van der Waals surface area (Å²) >= 11 is 0. The Kier molecular flexibility index (Phi) is 30.3. The van der Waals surface area contributed by atoms with Gasteiger partial charge in [0.25, 0.3) is 0 Å². The van der Waals surface area contributed by atoms with Gasteiger partial charge in [0.2, 0.25) is 0 Å². The van der Waals surface area contributed by atoms with Gasteiger partial charge in [-0.3, -0.25) is 18.6 Å². The maximum absolute atomic E-state index is 12.8. The van der Waals surface area contributed by atoms with Gasteiger partial charge in [0.1, 0.15) is 43.2 Å². The van der Waals surface area contributed by atoms with Crippen molar-refractivity contribution in [1.82, 2.24) is 0 Å². The van der Waals surface area contributed by atoms with Crippen LogP contribution in [0.3, 0.4) is 0 Å². The number of esters is 2. The number of carbonyl (C=O) groups excluding carboxylic acids is 2. The molecule has 0 aromatic heterocycles. The molecule has 0 radical (unpaired) electrons. The average molecular weight is 817 g/mol. The molecule has 1 saturated carbocycles. The van der Waals surface area contributed by atoms with Crippen molar-refractivity contribution in [1.29, 1.82) is 0 Å². The van der Waals surface area contributed by atoms with E-state index in [-0.39, 0.29) is 12.8 Å². The van der Waals surface area contributed by atoms with Gasteiger partial charge in [-0.1, -0.05) is 152 Å². The molecule has 0 saturated heterocycles. The Labute approximate surface area is 335 Å². The minimum absolute atomic E-state index is 0.0506. The van der Waals surface area contributed by atoms with Crippen molar-refractivity contribution in [3.8, 4) is 0 Å². The third kappa shape index (κ3) is 25.2. The largest absolute Gasteiger partial charge is 0.472 e. The molecule has 0 aliphatic heterocycles. The van der Waals surface area contributed by atoms with Gasteiger partial charge in [-0.15, -0.1) is 0 Å². The van der Waals surface area contributed by atoms with E-state index < -0.39 is 75.7 Å². The molecule has 1 aliphatic carbocycles. The Balaban J connectivity index is 2.53. The van der Waals surface area contributed by atoms with Gasteiger partial charge in [-0.05, 0) is 32.1 Å². The van der Waals surface area contributed by atoms with Gasteiger partial charge in [0, 0.05) is 12.8 Å². The number of phosphoric ester groups is 1. The molecule has 56 heavy (non-hydrogen) atoms. The molecule has 0 heterocycles. The van der Waals surface area contributed by atoms with Crippen LogP contribution in [0, 0.1) is 0 Å². The second-order valence-corrected chi connectivity index (χ2v) is 16.0. The van der Waals surface area contributed by atoms with Crippen molar-refractivity contribution in [2.75, 3.05) is 13.2 Å². The van der Waals surface area contributed by atoms with Gasteiger partial charge in [0.05, 0.1) is 6.61 Å². The number of allylic oxidation sites excluding steroid dienone is 8. The number of aliphatic hydroxyl groups is 5. The first-order chi connectivity index (χ1) is 26.9. The van der Waals surface area contributed by atoms with E-state index in [1.165, 1.54) is 64.2 Å². The molecule has 0 spiro atoms. The SMILES string of the molecule is CC/C=C/C=C/C=C/C=C/CCCCCC(=O)OC(COC(=O)CCCCCCCCCCCCCCCC)COP(=O)(O)OC1C(O)C(O)C(O)[C@H](O)C1O. The van der Waals surface area contributed by atoms with E-state index in [1.54, 1.807) is 0 Å². The molecule has 324 valence electrons. The normalized spacial score (nSPS) is 23.4. The highest BCUT2D eigenvalue weighted by Gasteiger charge is 2.51. The molecule has 0 aromatic carbocycles. The summed E-state index contributed by atoms with van der Waals surface area (Å²) in [5, 5.41) is 50.0. The van der Waals surface area contributed by atoms with Crippen molar-refractivity contribution < 1.29 is 63.1 Å². The van der Waals surface area contributed by atoms with Gasteiger partial charge in [0.15, 0.2) is 6.10 Å². The molecule has 0 amide bonds. The third-order valence-corrected chi connectivity index (χ3v) is 10.5. The van der Waals surface area contributed by atoms with E-state index >= 15 is 0 Å². The zero-order valence-electron chi connectivity index (χ0n) is 33.9. The molecule has 14 heteroatoms. The quantitative estimate of drug-likeness (QED) is 0.0168. The second kappa shape index (κ2) is 32.7. The molecule has 6 N–H and O–H groups in total. The van der Waals surface area contributed by atoms with E-state index in [2.05, 4.69) is 19.9 Å². The smallest absolute Gasteiger partial charge is 0.462 e. The summed E-state index contributed by atoms with van der Waals surface area (Å²) in [5.41, 5.74) is 0. The molecule has 1 fully saturated rings. The highest BCUT2D eigenvalue weighted by molar-refractivity contribution is 7.47. The first-order valence-electron chi connectivity index (χ1n) is 21.0. The summed E-state index contributed by atoms with van der Waals surface area (Å²) in [6, 6.07) is 0. The Bertz CT molecular complexity index is 1170. The zero-order valence-corrected chi connectivity index (χ0v) is 34.8. The maximum atomic E-state index is 12.8. The number of rotatable bonds is 33. The Hall–Kier alpha value is -2.19. The predicted octanol–water partition coefficient (Wildman–Crippen LogP) is 7.22. The summed E-state index contributed by atoms with van der Waals surface area (Å²) in [7, 11) is -5.12. The summed E-state index contributed by atoms with van der Waals surface area (Å²) in [6.07, 6.45) is 23.2. The van der Waals surface area contributed by atoms with Crippen LogP contribution in [0.1, 0.15) is 149 Å². The molecular weight excluding hydrogens is 743 g/mol. The van der Waals surface area contributed by atoms with Crippen molar-refractivity contribution in [2.24, 2.45) is 0 Å². The average Bonchev–Trinajstić information content (AvgIpc) is 3.18. The standard InChI is InChI=1S/C42H73O13P/c1-3-5-7-9-11-13-15-17-19-20-22-24-26-28-30-35(43)52-32-34(33-53-56(50,51)55-42-40(48)38(46)37(45)39(47)41(42)49)54-36(44)31-29-27-25-23-21-18-16-14-12-10-8-6-4-2/h6,8,10,12,14,16,18,21,34,37-42,45-49H,3-5,7,9,11,13,15,17,19-20,22-33H2,1-2H3,(H,50,51)/b8-6+,12-10+,16-14+,21-18+/t34?,37?,38-,39?,40?,41?,42?/m0/s1. The van der Waals surface area contributed by atoms with Crippen molar-refractivity contribution in [3.63, 3.8) is 0 Å². The van der Waals surface area contributed by atoms with Crippen molar-refractivity contribution >= 4 is 19.8 Å². The van der Waals surface area contributed by atoms with E-state index in [9.17, 15) is 44.6 Å². The van der Waals surface area contributed by atoms with Crippen LogP contribution in [0.2, 0.25) is 0 Å². The maximum Gasteiger partial charge on any atom is 0.472 e. The van der Waals surface area contributed by atoms with Crippen LogP contribution in [-0.4, -0.2) is 98.3 Å². The first kappa shape index (κ1) is 51.8. The summed E-state index contributed by atoms with van der Waals surface area (Å²) in [6.45, 7) is 3.10. The molecule has 0 bridgehead atoms. The minimum atomic E-state index is -5.12. The van der Waals surface area contributed by atoms with Crippen LogP contribution in [0.15, 0.2) is 48.6 Å². The Morgan fingerprint density at radius 2 is 1.02 bits per heavy atom. The molecule has 0 aromatic rings. The van der Waals surface area contributed by atoms with Gasteiger partial charge < -0.3 is 39.9 Å². The summed E-state index contributed by atoms with van der Waals surface area (Å²) in [4.78, 5) is 35.5. The number of ether oxygens (including phenoxy) is 2. The molecule has 7 unspecified atom stereocenters. The molecule has 8 atom stereocenters. The number of phosphoric acid groups is 1. The molecule has 1 rings (SSSR count). The lowest BCUT2D eigenvalue weighted by Gasteiger charge is -2.41. The van der Waals surface area contributed by atoms with Crippen molar-refractivity contribution in [2.45, 2.75) is 191 Å². The van der Waals surface area contributed by atoms with Gasteiger partial charge in [-0.2, -0.15) is 0 Å². The van der Waals surface area contributed by atoms with Gasteiger partial charge in [-0.25, -0.2) is 4.57 Å². The first-order valence-corrected chi connectivity index (χ1v) is 22.5. The molecule has 13 nitrogen and oxygen atoms in total. The van der Waals surface area contributed by atoms with Crippen LogP contribution >= 0.6 is 7.82 Å². The number of unbranched alkanes of at least 4 members (excludes halogenated alkanes) is 16. The van der Waals surface area contributed by atoms with E-state index in [0.29, 0.717) is 12.8 Å². The van der Waals surface area contributed by atoms with Crippen LogP contribution < -0.4 is 0 Å². The van der Waals surface area contributed by atoms with Crippen LogP contribution in [0.5, 0.6) is 0 Å². The fourth-order valence-electron chi connectivity index (χ4n) is 6.12. The highest BCUT2D eigenvalue weighted by atomic mass is 31.2. The van der Waals surface area contributed by atoms with E-state index in [0.717, 1.165) is 44.9 Å².